The number of amides is 1. The second-order valence-corrected chi connectivity index (χ2v) is 4.33. The van der Waals surface area contributed by atoms with Crippen LogP contribution in [0, 0.1) is 0 Å². The van der Waals surface area contributed by atoms with Crippen molar-refractivity contribution in [2.75, 3.05) is 0 Å². The molecule has 0 radical (unpaired) electrons. The zero-order valence-electron chi connectivity index (χ0n) is 7.24. The van der Waals surface area contributed by atoms with Crippen LogP contribution in [-0.2, 0) is 29.7 Å². The number of carbonyl (C=O) groups excluding carboxylic acids is 1. The predicted octanol–water partition coefficient (Wildman–Crippen LogP) is -2.95. The topological polar surface area (TPSA) is 161 Å². The number of primary amides is 1. The standard InChI is InChI=1S/C4H7NO8S2/c1-4(7,2(5)6)3(14(8)9)13-15(10,11)12/h7H,1H3,(H2,5,6)(H,10,11,12). The average Bonchev–Trinajstić information content (AvgIpc) is 1.97. The summed E-state index contributed by atoms with van der Waals surface area (Å²) in [5.41, 5.74) is 1.72. The van der Waals surface area contributed by atoms with Gasteiger partial charge in [0.1, 0.15) is 0 Å². The summed E-state index contributed by atoms with van der Waals surface area (Å²) < 4.78 is 52.9. The molecule has 4 N–H and O–H groups in total. The molecule has 0 aromatic carbocycles. The van der Waals surface area contributed by atoms with Gasteiger partial charge in [0, 0.05) is 0 Å². The van der Waals surface area contributed by atoms with Crippen molar-refractivity contribution in [1.82, 2.24) is 0 Å². The van der Waals surface area contributed by atoms with Gasteiger partial charge in [0.2, 0.25) is 20.9 Å². The predicted molar refractivity (Wildman–Crippen MR) is 46.4 cm³/mol. The molecule has 9 nitrogen and oxygen atoms in total. The SMILES string of the molecule is CC(O)(C(N)=O)C(OS(=O)(=O)O)=S(=O)=O. The van der Waals surface area contributed by atoms with Gasteiger partial charge < -0.3 is 10.8 Å². The van der Waals surface area contributed by atoms with Crippen LogP contribution in [0.3, 0.4) is 0 Å². The molecule has 1 amide bonds. The van der Waals surface area contributed by atoms with Crippen LogP contribution < -0.4 is 5.73 Å². The second kappa shape index (κ2) is 4.24. The molecule has 0 fully saturated rings. The molecule has 0 bridgehead atoms. The third kappa shape index (κ3) is 3.93. The molecule has 0 spiro atoms. The van der Waals surface area contributed by atoms with E-state index >= 15 is 0 Å². The fraction of sp³-hybridized carbons (Fsp3) is 0.500. The molecule has 0 aliphatic carbocycles. The van der Waals surface area contributed by atoms with Crippen LogP contribution in [0.4, 0.5) is 0 Å². The summed E-state index contributed by atoms with van der Waals surface area (Å²) >= 11 is 0. The van der Waals surface area contributed by atoms with Crippen LogP contribution in [-0.4, -0.2) is 43.1 Å². The average molecular weight is 261 g/mol. The molecule has 0 saturated carbocycles. The molecular weight excluding hydrogens is 254 g/mol. The Morgan fingerprint density at radius 1 is 1.47 bits per heavy atom. The Morgan fingerprint density at radius 3 is 2.07 bits per heavy atom. The van der Waals surface area contributed by atoms with E-state index in [0.29, 0.717) is 6.92 Å². The zero-order valence-corrected chi connectivity index (χ0v) is 8.87. The van der Waals surface area contributed by atoms with Gasteiger partial charge in [-0.1, -0.05) is 0 Å². The van der Waals surface area contributed by atoms with E-state index in [1.807, 2.05) is 0 Å². The summed E-state index contributed by atoms with van der Waals surface area (Å²) in [6.07, 6.45) is 0. The van der Waals surface area contributed by atoms with Gasteiger partial charge in [0.25, 0.3) is 5.91 Å². The number of aliphatic hydroxyl groups is 1. The lowest BCUT2D eigenvalue weighted by molar-refractivity contribution is -0.129. The summed E-state index contributed by atoms with van der Waals surface area (Å²) in [4.78, 5) is 10.6. The molecule has 11 heteroatoms. The molecule has 1 unspecified atom stereocenters. The van der Waals surface area contributed by atoms with Gasteiger partial charge in [0.15, 0.2) is 0 Å². The second-order valence-electron chi connectivity index (χ2n) is 2.47. The van der Waals surface area contributed by atoms with Crippen molar-refractivity contribution in [1.29, 1.82) is 0 Å². The molecule has 0 heterocycles. The van der Waals surface area contributed by atoms with Crippen LogP contribution in [0.1, 0.15) is 6.92 Å². The molecule has 1 atom stereocenters. The van der Waals surface area contributed by atoms with Crippen molar-refractivity contribution >= 4 is 31.7 Å². The van der Waals surface area contributed by atoms with Gasteiger partial charge in [-0.25, -0.2) is 0 Å². The summed E-state index contributed by atoms with van der Waals surface area (Å²) in [6.45, 7) is 0.589. The van der Waals surface area contributed by atoms with E-state index in [1.54, 1.807) is 0 Å². The Labute approximate surface area is 85.9 Å². The van der Waals surface area contributed by atoms with Gasteiger partial charge in [-0.2, -0.15) is 21.0 Å². The normalized spacial score (nSPS) is 15.4. The van der Waals surface area contributed by atoms with Crippen LogP contribution in [0.15, 0.2) is 0 Å². The lowest BCUT2D eigenvalue weighted by Crippen LogP contribution is -2.50. The molecule has 0 rings (SSSR count). The highest BCUT2D eigenvalue weighted by atomic mass is 32.3. The molecule has 0 aliphatic heterocycles. The van der Waals surface area contributed by atoms with Crippen LogP contribution in [0.2, 0.25) is 0 Å². The molecule has 15 heavy (non-hydrogen) atoms. The molecule has 0 aromatic heterocycles. The first-order valence-electron chi connectivity index (χ1n) is 3.14. The zero-order chi connectivity index (χ0) is 12.4. The first-order valence-corrected chi connectivity index (χ1v) is 5.58. The highest BCUT2D eigenvalue weighted by Crippen LogP contribution is 2.08. The maximum Gasteiger partial charge on any atom is 0.403 e. The number of carbonyl (C=O) groups is 1. The van der Waals surface area contributed by atoms with Crippen LogP contribution in [0.25, 0.3) is 0 Å². The van der Waals surface area contributed by atoms with E-state index in [2.05, 4.69) is 9.92 Å². The minimum atomic E-state index is -5.18. The molecule has 88 valence electrons. The number of nitrogens with two attached hydrogens (primary N) is 1. The Bertz CT molecular complexity index is 489. The minimum Gasteiger partial charge on any atom is -0.373 e. The van der Waals surface area contributed by atoms with Crippen molar-refractivity contribution in [3.63, 3.8) is 0 Å². The van der Waals surface area contributed by atoms with E-state index in [0.717, 1.165) is 0 Å². The molecule has 0 aliphatic rings. The smallest absolute Gasteiger partial charge is 0.373 e. The number of rotatable bonds is 3. The molecular formula is C4H7NO8S2. The van der Waals surface area contributed by atoms with Crippen molar-refractivity contribution in [2.24, 2.45) is 5.73 Å². The van der Waals surface area contributed by atoms with E-state index in [-0.39, 0.29) is 0 Å². The third-order valence-electron chi connectivity index (χ3n) is 1.21. The molecule has 0 saturated heterocycles. The van der Waals surface area contributed by atoms with Crippen LogP contribution >= 0.6 is 0 Å². The first kappa shape index (κ1) is 14.0. The van der Waals surface area contributed by atoms with Crippen molar-refractivity contribution < 1.29 is 35.5 Å². The van der Waals surface area contributed by atoms with Crippen molar-refractivity contribution in [3.8, 4) is 0 Å². The highest BCUT2D eigenvalue weighted by molar-refractivity contribution is 7.83. The van der Waals surface area contributed by atoms with Gasteiger partial charge >= 0.3 is 10.4 Å². The quantitative estimate of drug-likeness (QED) is 0.359. The maximum absolute atomic E-state index is 10.6. The number of hydrogen-bond acceptors (Lipinski definition) is 7. The Hall–Kier alpha value is -1.01. The summed E-state index contributed by atoms with van der Waals surface area (Å²) in [6, 6.07) is 0. The Balaban J connectivity index is 5.62. The first-order chi connectivity index (χ1) is 6.48. The summed E-state index contributed by atoms with van der Waals surface area (Å²) in [5, 5.41) is 7.57. The van der Waals surface area contributed by atoms with E-state index in [9.17, 15) is 26.7 Å². The monoisotopic (exact) mass is 261 g/mol. The van der Waals surface area contributed by atoms with Crippen molar-refractivity contribution in [3.05, 3.63) is 0 Å². The Morgan fingerprint density at radius 2 is 1.87 bits per heavy atom. The minimum absolute atomic E-state index is 0.589. The van der Waals surface area contributed by atoms with E-state index < -0.39 is 37.3 Å². The van der Waals surface area contributed by atoms with Gasteiger partial charge in [-0.05, 0) is 6.92 Å². The molecule has 0 aromatic rings. The van der Waals surface area contributed by atoms with E-state index in [1.165, 1.54) is 0 Å². The largest absolute Gasteiger partial charge is 0.403 e. The fourth-order valence-corrected chi connectivity index (χ4v) is 1.73. The lowest BCUT2D eigenvalue weighted by atomic mass is 10.1. The van der Waals surface area contributed by atoms with Gasteiger partial charge in [-0.15, -0.1) is 0 Å². The highest BCUT2D eigenvalue weighted by Gasteiger charge is 2.39. The summed E-state index contributed by atoms with van der Waals surface area (Å²) in [7, 11) is -8.57. The van der Waals surface area contributed by atoms with E-state index in [4.69, 9.17) is 4.55 Å². The fourth-order valence-electron chi connectivity index (χ4n) is 0.467. The van der Waals surface area contributed by atoms with Gasteiger partial charge in [-0.3, -0.25) is 9.35 Å². The van der Waals surface area contributed by atoms with Crippen molar-refractivity contribution in [2.45, 2.75) is 12.5 Å². The lowest BCUT2D eigenvalue weighted by Gasteiger charge is -2.17. The van der Waals surface area contributed by atoms with Crippen LogP contribution in [0.5, 0.6) is 0 Å². The Kier molecular flexibility index (Phi) is 3.95. The maximum atomic E-state index is 10.6. The third-order valence-corrected chi connectivity index (χ3v) is 2.48. The van der Waals surface area contributed by atoms with Gasteiger partial charge in [0.05, 0.1) is 0 Å². The summed E-state index contributed by atoms with van der Waals surface area (Å²) in [5.74, 6) is -1.56. The number of hydrogen-bond donors (Lipinski definition) is 3.